The lowest BCUT2D eigenvalue weighted by atomic mass is 10.0. The van der Waals surface area contributed by atoms with Gasteiger partial charge in [-0.15, -0.1) is 0 Å². The van der Waals surface area contributed by atoms with Crippen molar-refractivity contribution < 1.29 is 19.1 Å². The molecule has 1 N–H and O–H groups in total. The predicted molar refractivity (Wildman–Crippen MR) is 124 cm³/mol. The second-order valence-electron chi connectivity index (χ2n) is 8.10. The molecule has 33 heavy (non-hydrogen) atoms. The van der Waals surface area contributed by atoms with Crippen molar-refractivity contribution in [3.8, 4) is 22.8 Å². The normalized spacial score (nSPS) is 12.4. The number of amides is 1. The van der Waals surface area contributed by atoms with Crippen molar-refractivity contribution in [3.63, 3.8) is 0 Å². The molecule has 0 aliphatic carbocycles. The van der Waals surface area contributed by atoms with E-state index in [-0.39, 0.29) is 24.5 Å². The van der Waals surface area contributed by atoms with Crippen LogP contribution < -0.4 is 14.8 Å². The number of aromatic nitrogens is 3. The minimum absolute atomic E-state index is 0.0649. The van der Waals surface area contributed by atoms with Gasteiger partial charge >= 0.3 is 0 Å². The monoisotopic (exact) mass is 442 g/mol. The molecule has 1 amide bonds. The zero-order valence-electron chi connectivity index (χ0n) is 18.5. The van der Waals surface area contributed by atoms with Gasteiger partial charge in [-0.2, -0.15) is 5.10 Å². The number of hydrogen-bond acceptors (Lipinski definition) is 6. The number of hydrogen-bond donors (Lipinski definition) is 1. The van der Waals surface area contributed by atoms with E-state index in [4.69, 9.17) is 14.5 Å². The molecule has 0 saturated heterocycles. The van der Waals surface area contributed by atoms with Crippen LogP contribution in [0, 0.1) is 0 Å². The highest BCUT2D eigenvalue weighted by atomic mass is 16.7. The maximum atomic E-state index is 13.5. The Bertz CT molecular complexity index is 1390. The lowest BCUT2D eigenvalue weighted by Gasteiger charge is -2.13. The first kappa shape index (κ1) is 20.7. The van der Waals surface area contributed by atoms with Crippen molar-refractivity contribution in [2.24, 2.45) is 0 Å². The Balaban J connectivity index is 1.63. The highest BCUT2D eigenvalue weighted by Gasteiger charge is 2.23. The number of carbonyl (C=O) groups excluding carboxylic acids is 2. The molecule has 2 aromatic carbocycles. The summed E-state index contributed by atoms with van der Waals surface area (Å²) in [6.45, 7) is 5.53. The zero-order valence-corrected chi connectivity index (χ0v) is 18.5. The van der Waals surface area contributed by atoms with Crippen molar-refractivity contribution in [3.05, 3.63) is 65.9 Å². The zero-order chi connectivity index (χ0) is 23.1. The van der Waals surface area contributed by atoms with Crippen molar-refractivity contribution in [1.29, 1.82) is 0 Å². The van der Waals surface area contributed by atoms with Crippen molar-refractivity contribution in [1.82, 2.24) is 14.8 Å². The number of nitrogens with zero attached hydrogens (tertiary/aromatic N) is 3. The van der Waals surface area contributed by atoms with Gasteiger partial charge in [0.05, 0.1) is 28.5 Å². The van der Waals surface area contributed by atoms with Crippen LogP contribution in [0.3, 0.4) is 0 Å². The SMILES string of the molecule is CC(=O)c1cc2c(cc1NC(=O)c1cc(-c3ccccc3)nc3c1cnn3C(C)C)OCO2. The molecular formula is C25H22N4O4. The van der Waals surface area contributed by atoms with E-state index in [2.05, 4.69) is 10.4 Å². The molecule has 0 unspecified atom stereocenters. The molecule has 1 aliphatic rings. The molecule has 4 aromatic rings. The van der Waals surface area contributed by atoms with E-state index in [0.29, 0.717) is 45.0 Å². The highest BCUT2D eigenvalue weighted by molar-refractivity contribution is 6.15. The van der Waals surface area contributed by atoms with E-state index in [0.717, 1.165) is 5.56 Å². The standard InChI is InChI=1S/C25H22N4O4/c1-14(2)29-24-19(12-26-29)18(9-20(27-24)16-7-5-4-6-8-16)25(31)28-21-11-23-22(32-13-33-23)10-17(21)15(3)30/h4-12,14H,13H2,1-3H3,(H,28,31). The Morgan fingerprint density at radius 2 is 1.76 bits per heavy atom. The predicted octanol–water partition coefficient (Wildman–Crippen LogP) is 4.86. The maximum Gasteiger partial charge on any atom is 0.256 e. The number of ether oxygens (including phenoxy) is 2. The van der Waals surface area contributed by atoms with E-state index in [9.17, 15) is 9.59 Å². The van der Waals surface area contributed by atoms with E-state index in [1.807, 2.05) is 44.2 Å². The van der Waals surface area contributed by atoms with Gasteiger partial charge in [0.25, 0.3) is 5.91 Å². The summed E-state index contributed by atoms with van der Waals surface area (Å²) in [6.07, 6.45) is 1.65. The van der Waals surface area contributed by atoms with Crippen molar-refractivity contribution in [2.45, 2.75) is 26.8 Å². The third kappa shape index (κ3) is 3.69. The van der Waals surface area contributed by atoms with Crippen LogP contribution in [0.15, 0.2) is 54.7 Å². The summed E-state index contributed by atoms with van der Waals surface area (Å²) in [4.78, 5) is 30.5. The third-order valence-corrected chi connectivity index (χ3v) is 5.51. The Morgan fingerprint density at radius 1 is 1.03 bits per heavy atom. The third-order valence-electron chi connectivity index (χ3n) is 5.51. The van der Waals surface area contributed by atoms with Gasteiger partial charge in [-0.25, -0.2) is 9.67 Å². The topological polar surface area (TPSA) is 95.3 Å². The summed E-state index contributed by atoms with van der Waals surface area (Å²) in [5.74, 6) is 0.396. The average Bonchev–Trinajstić information content (AvgIpc) is 3.44. The molecule has 8 nitrogen and oxygen atoms in total. The summed E-state index contributed by atoms with van der Waals surface area (Å²) < 4.78 is 12.6. The molecule has 0 fully saturated rings. The van der Waals surface area contributed by atoms with E-state index < -0.39 is 0 Å². The Morgan fingerprint density at radius 3 is 2.45 bits per heavy atom. The summed E-state index contributed by atoms with van der Waals surface area (Å²) in [7, 11) is 0. The molecule has 0 bridgehead atoms. The highest BCUT2D eigenvalue weighted by Crippen LogP contribution is 2.37. The van der Waals surface area contributed by atoms with E-state index >= 15 is 0 Å². The summed E-state index contributed by atoms with van der Waals surface area (Å²) in [5.41, 5.74) is 3.29. The number of nitrogens with one attached hydrogen (secondary N) is 1. The number of rotatable bonds is 5. The molecule has 166 valence electrons. The fraction of sp³-hybridized carbons (Fsp3) is 0.200. The van der Waals surface area contributed by atoms with Gasteiger partial charge < -0.3 is 14.8 Å². The number of fused-ring (bicyclic) bond motifs is 2. The molecule has 5 rings (SSSR count). The summed E-state index contributed by atoms with van der Waals surface area (Å²) in [5, 5.41) is 7.97. The van der Waals surface area contributed by atoms with Crippen molar-refractivity contribution in [2.75, 3.05) is 12.1 Å². The maximum absolute atomic E-state index is 13.5. The van der Waals surface area contributed by atoms with Crippen LogP contribution in [0.2, 0.25) is 0 Å². The fourth-order valence-electron chi connectivity index (χ4n) is 3.87. The lowest BCUT2D eigenvalue weighted by molar-refractivity contribution is 0.101. The molecule has 0 saturated carbocycles. The van der Waals surface area contributed by atoms with Crippen LogP contribution in [0.1, 0.15) is 47.5 Å². The van der Waals surface area contributed by atoms with Gasteiger partial charge in [0, 0.05) is 23.2 Å². The number of pyridine rings is 1. The Kier molecular flexibility index (Phi) is 5.05. The minimum atomic E-state index is -0.371. The van der Waals surface area contributed by atoms with Gasteiger partial charge in [0.2, 0.25) is 6.79 Å². The summed E-state index contributed by atoms with van der Waals surface area (Å²) >= 11 is 0. The quantitative estimate of drug-likeness (QED) is 0.444. The second kappa shape index (κ2) is 8.05. The van der Waals surface area contributed by atoms with Crippen LogP contribution in [0.5, 0.6) is 11.5 Å². The molecule has 0 radical (unpaired) electrons. The first-order valence-electron chi connectivity index (χ1n) is 10.6. The summed E-state index contributed by atoms with van der Waals surface area (Å²) in [6, 6.07) is 14.7. The van der Waals surface area contributed by atoms with Gasteiger partial charge in [0.15, 0.2) is 22.9 Å². The number of anilines is 1. The first-order valence-corrected chi connectivity index (χ1v) is 10.6. The second-order valence-corrected chi connectivity index (χ2v) is 8.10. The van der Waals surface area contributed by atoms with E-state index in [1.54, 1.807) is 29.1 Å². The van der Waals surface area contributed by atoms with Gasteiger partial charge in [-0.05, 0) is 32.9 Å². The van der Waals surface area contributed by atoms with Gasteiger partial charge in [-0.3, -0.25) is 9.59 Å². The van der Waals surface area contributed by atoms with Crippen LogP contribution >= 0.6 is 0 Å². The number of benzene rings is 2. The van der Waals surface area contributed by atoms with E-state index in [1.165, 1.54) is 6.92 Å². The smallest absolute Gasteiger partial charge is 0.256 e. The molecule has 8 heteroatoms. The van der Waals surface area contributed by atoms with Crippen LogP contribution in [-0.2, 0) is 0 Å². The number of ketones is 1. The van der Waals surface area contributed by atoms with Crippen molar-refractivity contribution >= 4 is 28.4 Å². The molecular weight excluding hydrogens is 420 g/mol. The fourth-order valence-corrected chi connectivity index (χ4v) is 3.87. The molecule has 2 aromatic heterocycles. The van der Waals surface area contributed by atoms with Crippen LogP contribution in [0.4, 0.5) is 5.69 Å². The lowest BCUT2D eigenvalue weighted by Crippen LogP contribution is -2.15. The number of Topliss-reactive ketones (excluding diaryl/α,β-unsaturated/α-hetero) is 1. The molecule has 0 spiro atoms. The minimum Gasteiger partial charge on any atom is -0.454 e. The van der Waals surface area contributed by atoms with Crippen LogP contribution in [-0.4, -0.2) is 33.2 Å². The van der Waals surface area contributed by atoms with Gasteiger partial charge in [-0.1, -0.05) is 30.3 Å². The Hall–Kier alpha value is -4.20. The molecule has 1 aliphatic heterocycles. The number of carbonyl (C=O) groups is 2. The Labute approximate surface area is 190 Å². The van der Waals surface area contributed by atoms with Crippen LogP contribution in [0.25, 0.3) is 22.3 Å². The molecule has 0 atom stereocenters. The first-order chi connectivity index (χ1) is 15.9. The average molecular weight is 442 g/mol. The van der Waals surface area contributed by atoms with Gasteiger partial charge in [0.1, 0.15) is 0 Å². The largest absolute Gasteiger partial charge is 0.454 e. The molecule has 3 heterocycles.